The first-order chi connectivity index (χ1) is 10.8. The summed E-state index contributed by atoms with van der Waals surface area (Å²) in [6, 6.07) is -0.193. The van der Waals surface area contributed by atoms with Gasteiger partial charge in [0.2, 0.25) is 0 Å². The first kappa shape index (κ1) is 19.3. The molecule has 1 fully saturated rings. The van der Waals surface area contributed by atoms with E-state index in [2.05, 4.69) is 6.58 Å². The van der Waals surface area contributed by atoms with Crippen molar-refractivity contribution < 1.29 is 24.2 Å². The summed E-state index contributed by atoms with van der Waals surface area (Å²) in [6.07, 6.45) is 2.14. The molecule has 1 saturated heterocycles. The number of rotatable bonds is 5. The molecule has 0 bridgehead atoms. The summed E-state index contributed by atoms with van der Waals surface area (Å²) in [5, 5.41) is 9.24. The summed E-state index contributed by atoms with van der Waals surface area (Å²) in [4.78, 5) is 27.4. The van der Waals surface area contributed by atoms with Crippen LogP contribution in [0.2, 0.25) is 0 Å². The summed E-state index contributed by atoms with van der Waals surface area (Å²) in [6.45, 7) is 10.0. The highest BCUT2D eigenvalue weighted by atomic mass is 16.6. The Bertz CT molecular complexity index is 419. The monoisotopic (exact) mass is 328 g/mol. The molecule has 23 heavy (non-hydrogen) atoms. The summed E-state index contributed by atoms with van der Waals surface area (Å²) < 4.78 is 10.4. The number of hydrogen-bond donors (Lipinski definition) is 1. The van der Waals surface area contributed by atoms with Gasteiger partial charge in [0.05, 0.1) is 12.6 Å². The minimum absolute atomic E-state index is 0.156. The van der Waals surface area contributed by atoms with Crippen molar-refractivity contribution in [1.29, 1.82) is 0 Å². The third-order valence-electron chi connectivity index (χ3n) is 3.39. The van der Waals surface area contributed by atoms with Gasteiger partial charge >= 0.3 is 12.2 Å². The molecule has 1 aliphatic rings. The van der Waals surface area contributed by atoms with Crippen molar-refractivity contribution in [2.75, 3.05) is 32.8 Å². The van der Waals surface area contributed by atoms with Crippen molar-refractivity contribution in [2.24, 2.45) is 0 Å². The third-order valence-corrected chi connectivity index (χ3v) is 3.39. The highest BCUT2D eigenvalue weighted by Crippen LogP contribution is 2.19. The molecule has 1 atom stereocenters. The molecule has 0 aromatic carbocycles. The standard InChI is InChI=1S/C16H28N2O5/c1-5-11-22-14(20)17-8-6-7-13(12-17)18(9-10-19)15(21)23-16(2,3)4/h5,13,19H,1,6-12H2,2-4H3. The molecule has 1 rings (SSSR count). The SMILES string of the molecule is C=CCOC(=O)N1CCCC(N(CCO)C(=O)OC(C)(C)C)C1. The van der Waals surface area contributed by atoms with Crippen LogP contribution < -0.4 is 0 Å². The molecular formula is C16H28N2O5. The second kappa shape index (κ2) is 8.76. The van der Waals surface area contributed by atoms with Crippen LogP contribution >= 0.6 is 0 Å². The maximum Gasteiger partial charge on any atom is 0.410 e. The number of piperidine rings is 1. The number of ether oxygens (including phenoxy) is 2. The third kappa shape index (κ3) is 6.48. The summed E-state index contributed by atoms with van der Waals surface area (Å²) in [5.41, 5.74) is -0.609. The zero-order valence-corrected chi connectivity index (χ0v) is 14.3. The molecule has 0 radical (unpaired) electrons. The van der Waals surface area contributed by atoms with Crippen LogP contribution in [0.25, 0.3) is 0 Å². The van der Waals surface area contributed by atoms with E-state index in [4.69, 9.17) is 9.47 Å². The molecule has 0 saturated carbocycles. The Labute approximate surface area is 137 Å². The number of carbonyl (C=O) groups excluding carboxylic acids is 2. The van der Waals surface area contributed by atoms with E-state index < -0.39 is 17.8 Å². The predicted molar refractivity (Wildman–Crippen MR) is 86.2 cm³/mol. The van der Waals surface area contributed by atoms with Gasteiger partial charge in [0.25, 0.3) is 0 Å². The molecule has 1 N–H and O–H groups in total. The average Bonchev–Trinajstić information content (AvgIpc) is 2.48. The van der Waals surface area contributed by atoms with Crippen LogP contribution in [0.15, 0.2) is 12.7 Å². The zero-order valence-electron chi connectivity index (χ0n) is 14.3. The highest BCUT2D eigenvalue weighted by Gasteiger charge is 2.33. The molecule has 0 spiro atoms. The van der Waals surface area contributed by atoms with Gasteiger partial charge in [0, 0.05) is 19.6 Å². The maximum absolute atomic E-state index is 12.3. The van der Waals surface area contributed by atoms with Crippen LogP contribution in [-0.2, 0) is 9.47 Å². The molecule has 132 valence electrons. The highest BCUT2D eigenvalue weighted by molar-refractivity contribution is 5.70. The van der Waals surface area contributed by atoms with Crippen molar-refractivity contribution >= 4 is 12.2 Å². The van der Waals surface area contributed by atoms with E-state index in [9.17, 15) is 14.7 Å². The largest absolute Gasteiger partial charge is 0.445 e. The molecule has 2 amide bonds. The number of likely N-dealkylation sites (tertiary alicyclic amines) is 1. The van der Waals surface area contributed by atoms with Gasteiger partial charge in [0.15, 0.2) is 0 Å². The van der Waals surface area contributed by atoms with Gasteiger partial charge in [-0.1, -0.05) is 12.7 Å². The summed E-state index contributed by atoms with van der Waals surface area (Å²) >= 11 is 0. The second-order valence-electron chi connectivity index (χ2n) is 6.50. The number of nitrogens with zero attached hydrogens (tertiary/aromatic N) is 2. The number of hydrogen-bond acceptors (Lipinski definition) is 5. The smallest absolute Gasteiger partial charge is 0.410 e. The van der Waals surface area contributed by atoms with E-state index in [-0.39, 0.29) is 25.8 Å². The van der Waals surface area contributed by atoms with Crippen LogP contribution in [0.4, 0.5) is 9.59 Å². The first-order valence-electron chi connectivity index (χ1n) is 7.91. The van der Waals surface area contributed by atoms with Gasteiger partial charge in [-0.25, -0.2) is 9.59 Å². The van der Waals surface area contributed by atoms with Crippen molar-refractivity contribution in [2.45, 2.75) is 45.3 Å². The lowest BCUT2D eigenvalue weighted by molar-refractivity contribution is 0.00175. The van der Waals surface area contributed by atoms with E-state index in [1.165, 1.54) is 11.0 Å². The van der Waals surface area contributed by atoms with Gasteiger partial charge in [-0.05, 0) is 33.6 Å². The van der Waals surface area contributed by atoms with Crippen LogP contribution in [0.3, 0.4) is 0 Å². The number of carbonyl (C=O) groups is 2. The Morgan fingerprint density at radius 1 is 1.43 bits per heavy atom. The minimum Gasteiger partial charge on any atom is -0.445 e. The molecule has 7 heteroatoms. The van der Waals surface area contributed by atoms with E-state index in [1.54, 1.807) is 25.7 Å². The van der Waals surface area contributed by atoms with Gasteiger partial charge in [-0.15, -0.1) is 0 Å². The lowest BCUT2D eigenvalue weighted by Gasteiger charge is -2.39. The maximum atomic E-state index is 12.3. The Balaban J connectivity index is 2.72. The first-order valence-corrected chi connectivity index (χ1v) is 7.91. The molecule has 1 heterocycles. The predicted octanol–water partition coefficient (Wildman–Crippen LogP) is 2.00. The Hall–Kier alpha value is -1.76. The van der Waals surface area contributed by atoms with Crippen molar-refractivity contribution in [3.05, 3.63) is 12.7 Å². The van der Waals surface area contributed by atoms with E-state index in [1.807, 2.05) is 0 Å². The number of amides is 2. The van der Waals surface area contributed by atoms with Crippen molar-refractivity contribution in [1.82, 2.24) is 9.80 Å². The Morgan fingerprint density at radius 2 is 2.13 bits per heavy atom. The lowest BCUT2D eigenvalue weighted by atomic mass is 10.0. The van der Waals surface area contributed by atoms with Crippen LogP contribution in [0.1, 0.15) is 33.6 Å². The average molecular weight is 328 g/mol. The minimum atomic E-state index is -0.609. The molecule has 0 aromatic rings. The zero-order chi connectivity index (χ0) is 17.5. The normalized spacial score (nSPS) is 18.3. The fraction of sp³-hybridized carbons (Fsp3) is 0.750. The van der Waals surface area contributed by atoms with Crippen LogP contribution in [0, 0.1) is 0 Å². The molecule has 0 aromatic heterocycles. The molecule has 0 aliphatic carbocycles. The number of aliphatic hydroxyl groups excluding tert-OH is 1. The number of aliphatic hydroxyl groups is 1. The molecular weight excluding hydrogens is 300 g/mol. The van der Waals surface area contributed by atoms with Gasteiger partial charge in [-0.2, -0.15) is 0 Å². The second-order valence-corrected chi connectivity index (χ2v) is 6.50. The summed E-state index contributed by atoms with van der Waals surface area (Å²) in [7, 11) is 0. The Morgan fingerprint density at radius 3 is 2.70 bits per heavy atom. The molecule has 1 unspecified atom stereocenters. The quantitative estimate of drug-likeness (QED) is 0.781. The fourth-order valence-electron chi connectivity index (χ4n) is 2.45. The Kier molecular flexibility index (Phi) is 7.35. The van der Waals surface area contributed by atoms with Gasteiger partial charge in [0.1, 0.15) is 12.2 Å². The fourth-order valence-corrected chi connectivity index (χ4v) is 2.45. The molecule has 7 nitrogen and oxygen atoms in total. The van der Waals surface area contributed by atoms with Crippen LogP contribution in [-0.4, -0.2) is 71.6 Å². The van der Waals surface area contributed by atoms with Crippen molar-refractivity contribution in [3.8, 4) is 0 Å². The van der Waals surface area contributed by atoms with E-state index in [0.717, 1.165) is 12.8 Å². The summed E-state index contributed by atoms with van der Waals surface area (Å²) in [5.74, 6) is 0. The van der Waals surface area contributed by atoms with Crippen molar-refractivity contribution in [3.63, 3.8) is 0 Å². The van der Waals surface area contributed by atoms with E-state index in [0.29, 0.717) is 13.1 Å². The van der Waals surface area contributed by atoms with Crippen LogP contribution in [0.5, 0.6) is 0 Å². The van der Waals surface area contributed by atoms with Gasteiger partial charge in [-0.3, -0.25) is 0 Å². The van der Waals surface area contributed by atoms with Gasteiger partial charge < -0.3 is 24.4 Å². The molecule has 1 aliphatic heterocycles. The lowest BCUT2D eigenvalue weighted by Crippen LogP contribution is -2.53. The van der Waals surface area contributed by atoms with E-state index >= 15 is 0 Å². The topological polar surface area (TPSA) is 79.3 Å².